The predicted octanol–water partition coefficient (Wildman–Crippen LogP) is 3.35. The molecule has 2 N–H and O–H groups in total. The average molecular weight is 250 g/mol. The molecule has 0 atom stereocenters. The van der Waals surface area contributed by atoms with Gasteiger partial charge in [0.2, 0.25) is 0 Å². The van der Waals surface area contributed by atoms with Crippen molar-refractivity contribution in [2.24, 2.45) is 5.73 Å². The monoisotopic (exact) mass is 249 g/mol. The van der Waals surface area contributed by atoms with Crippen LogP contribution in [0.4, 0.5) is 13.2 Å². The highest BCUT2D eigenvalue weighted by molar-refractivity contribution is 6.31. The van der Waals surface area contributed by atoms with Crippen LogP contribution in [0.25, 0.3) is 0 Å². The summed E-state index contributed by atoms with van der Waals surface area (Å²) in [5.74, 6) is 0. The molecule has 0 heterocycles. The van der Waals surface area contributed by atoms with E-state index in [0.29, 0.717) is 17.1 Å². The molecule has 1 aromatic carbocycles. The third kappa shape index (κ3) is 1.92. The van der Waals surface area contributed by atoms with Gasteiger partial charge in [-0.05, 0) is 36.6 Å². The van der Waals surface area contributed by atoms with Gasteiger partial charge in [-0.15, -0.1) is 0 Å². The molecule has 0 aromatic heterocycles. The lowest BCUT2D eigenvalue weighted by Crippen LogP contribution is -2.21. The molecular formula is C11H11ClF3N. The van der Waals surface area contributed by atoms with E-state index < -0.39 is 11.7 Å². The first-order chi connectivity index (χ1) is 7.39. The number of hydrogen-bond acceptors (Lipinski definition) is 1. The van der Waals surface area contributed by atoms with Gasteiger partial charge in [0, 0.05) is 17.0 Å². The van der Waals surface area contributed by atoms with Crippen LogP contribution in [0.1, 0.15) is 24.0 Å². The molecule has 5 heteroatoms. The van der Waals surface area contributed by atoms with Crippen molar-refractivity contribution in [1.29, 1.82) is 0 Å². The van der Waals surface area contributed by atoms with Crippen molar-refractivity contribution in [2.45, 2.75) is 24.4 Å². The molecule has 0 amide bonds. The molecule has 1 aliphatic rings. The van der Waals surface area contributed by atoms with E-state index in [1.807, 2.05) is 0 Å². The molecule has 1 aliphatic carbocycles. The molecule has 0 radical (unpaired) electrons. The molecule has 1 aromatic rings. The predicted molar refractivity (Wildman–Crippen MR) is 56.4 cm³/mol. The highest BCUT2D eigenvalue weighted by Crippen LogP contribution is 2.50. The summed E-state index contributed by atoms with van der Waals surface area (Å²) >= 11 is 5.93. The zero-order chi connectivity index (χ0) is 12.0. The number of halogens is 4. The maximum absolute atomic E-state index is 12.5. The fourth-order valence-electron chi connectivity index (χ4n) is 1.84. The fraction of sp³-hybridized carbons (Fsp3) is 0.455. The van der Waals surface area contributed by atoms with E-state index in [4.69, 9.17) is 17.3 Å². The van der Waals surface area contributed by atoms with Gasteiger partial charge >= 0.3 is 6.18 Å². The highest BCUT2D eigenvalue weighted by Gasteiger charge is 2.45. The van der Waals surface area contributed by atoms with Crippen LogP contribution in [-0.2, 0) is 11.6 Å². The van der Waals surface area contributed by atoms with E-state index in [0.717, 1.165) is 25.0 Å². The minimum absolute atomic E-state index is 0.321. The summed E-state index contributed by atoms with van der Waals surface area (Å²) in [6.07, 6.45) is -2.71. The Bertz CT molecular complexity index is 410. The van der Waals surface area contributed by atoms with E-state index in [1.54, 1.807) is 0 Å². The van der Waals surface area contributed by atoms with Gasteiger partial charge in [-0.2, -0.15) is 13.2 Å². The van der Waals surface area contributed by atoms with Crippen LogP contribution in [0.15, 0.2) is 18.2 Å². The topological polar surface area (TPSA) is 26.0 Å². The normalized spacial score (nSPS) is 18.6. The van der Waals surface area contributed by atoms with Gasteiger partial charge in [-0.3, -0.25) is 0 Å². The molecule has 1 nitrogen and oxygen atoms in total. The smallest absolute Gasteiger partial charge is 0.330 e. The van der Waals surface area contributed by atoms with Gasteiger partial charge in [-0.25, -0.2) is 0 Å². The number of alkyl halides is 3. The summed E-state index contributed by atoms with van der Waals surface area (Å²) in [7, 11) is 0. The quantitative estimate of drug-likeness (QED) is 0.855. The molecule has 1 fully saturated rings. The third-order valence-electron chi connectivity index (χ3n) is 3.11. The summed E-state index contributed by atoms with van der Waals surface area (Å²) in [6, 6.07) is 3.43. The van der Waals surface area contributed by atoms with Crippen molar-refractivity contribution < 1.29 is 13.2 Å². The first-order valence-corrected chi connectivity index (χ1v) is 5.34. The average Bonchev–Trinajstić information content (AvgIpc) is 2.97. The zero-order valence-electron chi connectivity index (χ0n) is 8.44. The summed E-state index contributed by atoms with van der Waals surface area (Å²) < 4.78 is 37.6. The maximum Gasteiger partial charge on any atom is 0.416 e. The lowest BCUT2D eigenvalue weighted by molar-refractivity contribution is -0.137. The minimum atomic E-state index is -4.33. The van der Waals surface area contributed by atoms with E-state index in [1.165, 1.54) is 6.07 Å². The van der Waals surface area contributed by atoms with Gasteiger partial charge in [-0.1, -0.05) is 11.6 Å². The molecular weight excluding hydrogens is 239 g/mol. The largest absolute Gasteiger partial charge is 0.416 e. The van der Waals surface area contributed by atoms with Gasteiger partial charge in [0.15, 0.2) is 0 Å². The summed E-state index contributed by atoms with van der Waals surface area (Å²) in [4.78, 5) is 0. The highest BCUT2D eigenvalue weighted by atomic mass is 35.5. The lowest BCUT2D eigenvalue weighted by Gasteiger charge is -2.17. The van der Waals surface area contributed by atoms with E-state index in [-0.39, 0.29) is 5.41 Å². The van der Waals surface area contributed by atoms with Gasteiger partial charge < -0.3 is 5.73 Å². The molecule has 88 valence electrons. The molecule has 0 bridgehead atoms. The minimum Gasteiger partial charge on any atom is -0.330 e. The Kier molecular flexibility index (Phi) is 2.67. The second-order valence-corrected chi connectivity index (χ2v) is 4.58. The van der Waals surface area contributed by atoms with Crippen LogP contribution in [0.5, 0.6) is 0 Å². The molecule has 0 saturated heterocycles. The Morgan fingerprint density at radius 3 is 2.38 bits per heavy atom. The van der Waals surface area contributed by atoms with Crippen molar-refractivity contribution >= 4 is 11.6 Å². The van der Waals surface area contributed by atoms with E-state index >= 15 is 0 Å². The molecule has 0 spiro atoms. The summed E-state index contributed by atoms with van der Waals surface area (Å²) in [5.41, 5.74) is 5.14. The number of nitrogens with two attached hydrogens (primary N) is 1. The SMILES string of the molecule is NCC1(c2cc(C(F)(F)F)ccc2Cl)CC1. The molecule has 0 aliphatic heterocycles. The van der Waals surface area contributed by atoms with Crippen molar-refractivity contribution in [3.05, 3.63) is 34.3 Å². The zero-order valence-corrected chi connectivity index (χ0v) is 9.20. The molecule has 1 saturated carbocycles. The lowest BCUT2D eigenvalue weighted by atomic mass is 9.94. The van der Waals surface area contributed by atoms with Crippen molar-refractivity contribution in [1.82, 2.24) is 0 Å². The standard InChI is InChI=1S/C11H11ClF3N/c12-9-2-1-7(11(13,14)15)5-8(9)10(6-16)3-4-10/h1-2,5H,3-4,6,16H2. The maximum atomic E-state index is 12.5. The Labute approximate surface area is 96.4 Å². The van der Waals surface area contributed by atoms with E-state index in [2.05, 4.69) is 0 Å². The van der Waals surface area contributed by atoms with Crippen LogP contribution in [0.2, 0.25) is 5.02 Å². The third-order valence-corrected chi connectivity index (χ3v) is 3.44. The molecule has 0 unspecified atom stereocenters. The summed E-state index contributed by atoms with van der Waals surface area (Å²) in [5, 5.41) is 0.371. The Morgan fingerprint density at radius 2 is 1.94 bits per heavy atom. The van der Waals surface area contributed by atoms with Crippen LogP contribution >= 0.6 is 11.6 Å². The Hall–Kier alpha value is -0.740. The molecule has 2 rings (SSSR count). The second kappa shape index (κ2) is 3.64. The van der Waals surface area contributed by atoms with Gasteiger partial charge in [0.25, 0.3) is 0 Å². The van der Waals surface area contributed by atoms with Crippen molar-refractivity contribution in [2.75, 3.05) is 6.54 Å². The first kappa shape index (κ1) is 11.7. The summed E-state index contributed by atoms with van der Waals surface area (Å²) in [6.45, 7) is 0.341. The van der Waals surface area contributed by atoms with Crippen LogP contribution in [0, 0.1) is 0 Å². The second-order valence-electron chi connectivity index (χ2n) is 4.18. The van der Waals surface area contributed by atoms with Crippen molar-refractivity contribution in [3.8, 4) is 0 Å². The van der Waals surface area contributed by atoms with E-state index in [9.17, 15) is 13.2 Å². The number of benzene rings is 1. The van der Waals surface area contributed by atoms with Crippen molar-refractivity contribution in [3.63, 3.8) is 0 Å². The first-order valence-electron chi connectivity index (χ1n) is 4.96. The van der Waals surface area contributed by atoms with Crippen LogP contribution in [-0.4, -0.2) is 6.54 Å². The van der Waals surface area contributed by atoms with Crippen LogP contribution < -0.4 is 5.73 Å². The number of rotatable bonds is 2. The fourth-order valence-corrected chi connectivity index (χ4v) is 2.16. The number of hydrogen-bond donors (Lipinski definition) is 1. The van der Waals surface area contributed by atoms with Gasteiger partial charge in [0.05, 0.1) is 5.56 Å². The Balaban J connectivity index is 2.46. The molecule has 16 heavy (non-hydrogen) atoms. The van der Waals surface area contributed by atoms with Gasteiger partial charge in [0.1, 0.15) is 0 Å². The van der Waals surface area contributed by atoms with Crippen LogP contribution in [0.3, 0.4) is 0 Å². The Morgan fingerprint density at radius 1 is 1.31 bits per heavy atom.